The standard InChI is InChI=1S/C30H38N6O4/c37-28(21-23-13-16-32-33-22-23)35-27(30(38)39)14-18-36(19-20-40-26-9-2-1-3-10-26)17-5-4-8-25-12-11-24-7-6-15-31-29(24)34-25/h1-3,9-13,16,22,27H,4-8,14-15,17-21H2,(H,31,34)(H,35,37)(H,38,39)/t27-/m0/s1. The van der Waals surface area contributed by atoms with Gasteiger partial charge in [-0.05, 0) is 80.5 Å². The van der Waals surface area contributed by atoms with Gasteiger partial charge in [-0.1, -0.05) is 24.3 Å². The summed E-state index contributed by atoms with van der Waals surface area (Å²) < 4.78 is 5.89. The van der Waals surface area contributed by atoms with Crippen molar-refractivity contribution in [2.24, 2.45) is 0 Å². The number of aliphatic carboxylic acids is 1. The number of benzene rings is 1. The van der Waals surface area contributed by atoms with Gasteiger partial charge in [0.25, 0.3) is 0 Å². The highest BCUT2D eigenvalue weighted by Gasteiger charge is 2.21. The molecule has 10 heteroatoms. The number of carbonyl (C=O) groups is 2. The minimum atomic E-state index is -1.05. The lowest BCUT2D eigenvalue weighted by Crippen LogP contribution is -2.44. The first-order valence-electron chi connectivity index (χ1n) is 14.0. The van der Waals surface area contributed by atoms with Crippen molar-refractivity contribution in [3.05, 3.63) is 77.7 Å². The number of pyridine rings is 1. The quantitative estimate of drug-likeness (QED) is 0.232. The Morgan fingerprint density at radius 1 is 1.05 bits per heavy atom. The second-order valence-corrected chi connectivity index (χ2v) is 9.98. The van der Waals surface area contributed by atoms with Crippen LogP contribution in [0.1, 0.15) is 42.5 Å². The normalized spacial score (nSPS) is 13.2. The zero-order valence-corrected chi connectivity index (χ0v) is 22.8. The van der Waals surface area contributed by atoms with E-state index in [1.807, 2.05) is 30.3 Å². The molecule has 3 aromatic rings. The lowest BCUT2D eigenvalue weighted by atomic mass is 10.1. The van der Waals surface area contributed by atoms with Crippen molar-refractivity contribution in [3.63, 3.8) is 0 Å². The number of carboxylic acids is 1. The van der Waals surface area contributed by atoms with E-state index in [-0.39, 0.29) is 12.3 Å². The fraction of sp³-hybridized carbons (Fsp3) is 0.433. The van der Waals surface area contributed by atoms with Crippen molar-refractivity contribution in [1.82, 2.24) is 25.4 Å². The molecule has 1 amide bonds. The maximum atomic E-state index is 12.5. The molecule has 212 valence electrons. The van der Waals surface area contributed by atoms with E-state index in [0.29, 0.717) is 31.7 Å². The maximum Gasteiger partial charge on any atom is 0.326 e. The molecule has 0 unspecified atom stereocenters. The molecule has 40 heavy (non-hydrogen) atoms. The van der Waals surface area contributed by atoms with Crippen LogP contribution in [0.25, 0.3) is 0 Å². The summed E-state index contributed by atoms with van der Waals surface area (Å²) in [5.41, 5.74) is 3.06. The lowest BCUT2D eigenvalue weighted by Gasteiger charge is -2.24. The first-order valence-corrected chi connectivity index (χ1v) is 14.0. The highest BCUT2D eigenvalue weighted by Crippen LogP contribution is 2.20. The molecule has 3 N–H and O–H groups in total. The molecule has 2 aromatic heterocycles. The average Bonchev–Trinajstić information content (AvgIpc) is 2.97. The number of aryl methyl sites for hydroxylation is 2. The molecular weight excluding hydrogens is 508 g/mol. The topological polar surface area (TPSA) is 130 Å². The number of carbonyl (C=O) groups excluding carboxylic acids is 1. The summed E-state index contributed by atoms with van der Waals surface area (Å²) in [7, 11) is 0. The number of nitrogens with one attached hydrogen (secondary N) is 2. The highest BCUT2D eigenvalue weighted by atomic mass is 16.5. The smallest absolute Gasteiger partial charge is 0.326 e. The van der Waals surface area contributed by atoms with E-state index in [9.17, 15) is 14.7 Å². The Bertz CT molecular complexity index is 1210. The Labute approximate surface area is 235 Å². The van der Waals surface area contributed by atoms with Gasteiger partial charge in [-0.25, -0.2) is 9.78 Å². The maximum absolute atomic E-state index is 12.5. The van der Waals surface area contributed by atoms with Crippen molar-refractivity contribution < 1.29 is 19.4 Å². The fourth-order valence-electron chi connectivity index (χ4n) is 4.72. The number of ether oxygens (including phenoxy) is 1. The van der Waals surface area contributed by atoms with Crippen LogP contribution in [-0.2, 0) is 28.9 Å². The number of anilines is 1. The summed E-state index contributed by atoms with van der Waals surface area (Å²) >= 11 is 0. The fourth-order valence-corrected chi connectivity index (χ4v) is 4.72. The number of amides is 1. The number of aromatic nitrogens is 3. The number of rotatable bonds is 16. The van der Waals surface area contributed by atoms with E-state index < -0.39 is 12.0 Å². The number of unbranched alkanes of at least 4 members (excludes halogenated alkanes) is 1. The largest absolute Gasteiger partial charge is 0.492 e. The average molecular weight is 547 g/mol. The van der Waals surface area contributed by atoms with Gasteiger partial charge in [-0.15, -0.1) is 0 Å². The molecule has 3 heterocycles. The highest BCUT2D eigenvalue weighted by molar-refractivity contribution is 5.84. The summed E-state index contributed by atoms with van der Waals surface area (Å²) in [4.78, 5) is 31.4. The van der Waals surface area contributed by atoms with Gasteiger partial charge >= 0.3 is 5.97 Å². The third-order valence-electron chi connectivity index (χ3n) is 6.91. The SMILES string of the molecule is O=C(Cc1ccnnc1)N[C@@H](CCN(CCCCc1ccc2c(n1)NCCC2)CCOc1ccccc1)C(=O)O. The second kappa shape index (κ2) is 15.5. The molecule has 1 atom stereocenters. The summed E-state index contributed by atoms with van der Waals surface area (Å²) in [6, 6.07) is 14.6. The number of hydrogen-bond donors (Lipinski definition) is 3. The van der Waals surface area contributed by atoms with Crippen LogP contribution >= 0.6 is 0 Å². The van der Waals surface area contributed by atoms with Crippen LogP contribution in [-0.4, -0.2) is 75.9 Å². The first kappa shape index (κ1) is 28.9. The first-order chi connectivity index (χ1) is 19.6. The van der Waals surface area contributed by atoms with Gasteiger partial charge < -0.3 is 20.5 Å². The summed E-state index contributed by atoms with van der Waals surface area (Å²) in [5, 5.41) is 23.3. The molecule has 0 saturated heterocycles. The molecular formula is C30H38N6O4. The van der Waals surface area contributed by atoms with Crippen molar-refractivity contribution in [2.75, 3.05) is 38.1 Å². The Balaban J connectivity index is 1.27. The zero-order valence-electron chi connectivity index (χ0n) is 22.8. The molecule has 0 aliphatic carbocycles. The van der Waals surface area contributed by atoms with Crippen LogP contribution in [0.5, 0.6) is 5.75 Å². The van der Waals surface area contributed by atoms with Crippen LogP contribution in [0.3, 0.4) is 0 Å². The predicted molar refractivity (Wildman–Crippen MR) is 152 cm³/mol. The van der Waals surface area contributed by atoms with Crippen molar-refractivity contribution in [3.8, 4) is 5.75 Å². The number of nitrogens with zero attached hydrogens (tertiary/aromatic N) is 4. The third-order valence-corrected chi connectivity index (χ3v) is 6.91. The Morgan fingerprint density at radius 3 is 2.73 bits per heavy atom. The Kier molecular flexibility index (Phi) is 11.2. The van der Waals surface area contributed by atoms with Gasteiger partial charge in [0.05, 0.1) is 12.6 Å². The third kappa shape index (κ3) is 9.60. The van der Waals surface area contributed by atoms with Gasteiger partial charge in [-0.2, -0.15) is 10.2 Å². The molecule has 10 nitrogen and oxygen atoms in total. The molecule has 1 aliphatic rings. The molecule has 0 radical (unpaired) electrons. The number of para-hydroxylation sites is 1. The van der Waals surface area contributed by atoms with E-state index in [1.165, 1.54) is 18.0 Å². The molecule has 0 saturated carbocycles. The summed E-state index contributed by atoms with van der Waals surface area (Å²) in [5.74, 6) is 0.418. The van der Waals surface area contributed by atoms with Gasteiger partial charge in [0.1, 0.15) is 24.2 Å². The van der Waals surface area contributed by atoms with Gasteiger partial charge in [-0.3, -0.25) is 9.69 Å². The number of carboxylic acid groups (broad SMARTS) is 1. The molecule has 0 fully saturated rings. The zero-order chi connectivity index (χ0) is 28.0. The van der Waals surface area contributed by atoms with Crippen LogP contribution in [0.15, 0.2) is 60.9 Å². The van der Waals surface area contributed by atoms with Gasteiger partial charge in [0.2, 0.25) is 5.91 Å². The van der Waals surface area contributed by atoms with Crippen molar-refractivity contribution in [1.29, 1.82) is 0 Å². The second-order valence-electron chi connectivity index (χ2n) is 9.98. The monoisotopic (exact) mass is 546 g/mol. The molecule has 1 aliphatic heterocycles. The van der Waals surface area contributed by atoms with Crippen LogP contribution < -0.4 is 15.4 Å². The predicted octanol–water partition coefficient (Wildman–Crippen LogP) is 3.14. The van der Waals surface area contributed by atoms with E-state index in [4.69, 9.17) is 9.72 Å². The van der Waals surface area contributed by atoms with Crippen LogP contribution in [0, 0.1) is 0 Å². The van der Waals surface area contributed by atoms with E-state index in [1.54, 1.807) is 6.07 Å². The van der Waals surface area contributed by atoms with E-state index in [2.05, 4.69) is 37.9 Å². The van der Waals surface area contributed by atoms with Crippen LogP contribution in [0.4, 0.5) is 5.82 Å². The van der Waals surface area contributed by atoms with E-state index >= 15 is 0 Å². The minimum Gasteiger partial charge on any atom is -0.492 e. The van der Waals surface area contributed by atoms with Crippen molar-refractivity contribution >= 4 is 17.7 Å². The summed E-state index contributed by atoms with van der Waals surface area (Å²) in [6.07, 6.45) is 8.38. The minimum absolute atomic E-state index is 0.0557. The molecule has 4 rings (SSSR count). The molecule has 1 aromatic carbocycles. The van der Waals surface area contributed by atoms with Gasteiger partial charge in [0, 0.05) is 31.5 Å². The molecule has 0 spiro atoms. The van der Waals surface area contributed by atoms with Gasteiger partial charge in [0.15, 0.2) is 0 Å². The lowest BCUT2D eigenvalue weighted by molar-refractivity contribution is -0.142. The van der Waals surface area contributed by atoms with Crippen molar-refractivity contribution in [2.45, 2.75) is 51.0 Å². The Morgan fingerprint density at radius 2 is 1.93 bits per heavy atom. The number of fused-ring (bicyclic) bond motifs is 1. The Hall–Kier alpha value is -4.05. The molecule has 0 bridgehead atoms. The van der Waals surface area contributed by atoms with E-state index in [0.717, 1.165) is 62.5 Å². The van der Waals surface area contributed by atoms with Crippen LogP contribution in [0.2, 0.25) is 0 Å². The summed E-state index contributed by atoms with van der Waals surface area (Å²) in [6.45, 7) is 3.43. The number of hydrogen-bond acceptors (Lipinski definition) is 8.